The number of amides is 1. The fourth-order valence-corrected chi connectivity index (χ4v) is 5.32. The molecule has 0 spiro atoms. The number of nitrogens with one attached hydrogen (secondary N) is 1. The molecule has 1 heterocycles. The molecule has 1 amide bonds. The van der Waals surface area contributed by atoms with Crippen LogP contribution in [0.4, 0.5) is 11.4 Å². The molecule has 0 aliphatic carbocycles. The van der Waals surface area contributed by atoms with Gasteiger partial charge in [0.1, 0.15) is 0 Å². The lowest BCUT2D eigenvalue weighted by atomic mass is 10.2. The van der Waals surface area contributed by atoms with Gasteiger partial charge in [0.25, 0.3) is 10.0 Å². The van der Waals surface area contributed by atoms with E-state index in [1.807, 2.05) is 13.8 Å². The van der Waals surface area contributed by atoms with E-state index in [1.54, 1.807) is 53.1 Å². The molecule has 1 atom stereocenters. The van der Waals surface area contributed by atoms with Crippen LogP contribution in [0.2, 0.25) is 5.02 Å². The molecule has 2 aromatic rings. The first-order valence-corrected chi connectivity index (χ1v) is 10.8. The third kappa shape index (κ3) is 3.84. The smallest absolute Gasteiger partial charge is 0.262 e. The lowest BCUT2D eigenvalue weighted by Gasteiger charge is -2.32. The van der Waals surface area contributed by atoms with Gasteiger partial charge in [-0.2, -0.15) is 0 Å². The Morgan fingerprint density at radius 3 is 2.65 bits per heavy atom. The molecule has 2 aromatic carbocycles. The molecule has 3 rings (SSSR count). The monoisotopic (exact) mass is 410 g/mol. The molecule has 138 valence electrons. The van der Waals surface area contributed by atoms with Crippen LogP contribution in [0, 0.1) is 6.92 Å². The zero-order chi connectivity index (χ0) is 19.1. The second-order valence-corrected chi connectivity index (χ2v) is 9.85. The van der Waals surface area contributed by atoms with Gasteiger partial charge < -0.3 is 4.90 Å². The predicted octanol–water partition coefficient (Wildman–Crippen LogP) is 4.30. The summed E-state index contributed by atoms with van der Waals surface area (Å²) in [7, 11) is -3.83. The van der Waals surface area contributed by atoms with Gasteiger partial charge in [0.05, 0.1) is 21.3 Å². The Labute approximate surface area is 162 Å². The number of halogens is 1. The molecule has 26 heavy (non-hydrogen) atoms. The van der Waals surface area contributed by atoms with Crippen molar-refractivity contribution in [2.24, 2.45) is 0 Å². The number of aryl methyl sites for hydroxylation is 1. The van der Waals surface area contributed by atoms with Crippen molar-refractivity contribution in [3.63, 3.8) is 0 Å². The Hall–Kier alpha value is -1.70. The fourth-order valence-electron chi connectivity index (χ4n) is 2.79. The second-order valence-electron chi connectivity index (χ2n) is 6.28. The topological polar surface area (TPSA) is 66.5 Å². The average molecular weight is 411 g/mol. The summed E-state index contributed by atoms with van der Waals surface area (Å²) < 4.78 is 28.1. The zero-order valence-electron chi connectivity index (χ0n) is 14.6. The number of fused-ring (bicyclic) bond motifs is 1. The Bertz CT molecular complexity index is 976. The van der Waals surface area contributed by atoms with Gasteiger partial charge in [-0.25, -0.2) is 8.42 Å². The van der Waals surface area contributed by atoms with Crippen molar-refractivity contribution in [1.29, 1.82) is 0 Å². The number of thioether (sulfide) groups is 1. The highest BCUT2D eigenvalue weighted by Gasteiger charge is 2.27. The van der Waals surface area contributed by atoms with Crippen molar-refractivity contribution in [1.82, 2.24) is 0 Å². The molecular weight excluding hydrogens is 392 g/mol. The Kier molecular flexibility index (Phi) is 5.23. The van der Waals surface area contributed by atoms with Crippen molar-refractivity contribution in [3.8, 4) is 0 Å². The van der Waals surface area contributed by atoms with Gasteiger partial charge in [0.2, 0.25) is 5.91 Å². The van der Waals surface area contributed by atoms with Gasteiger partial charge in [0, 0.05) is 23.6 Å². The number of sulfonamides is 1. The SMILES string of the molecule is CC(=O)N1C[C@H](C)Sc2ccc(S(=O)(=O)Nc3ccc(C)cc3Cl)cc21. The van der Waals surface area contributed by atoms with Gasteiger partial charge >= 0.3 is 0 Å². The maximum atomic E-state index is 12.8. The lowest BCUT2D eigenvalue weighted by molar-refractivity contribution is -0.116. The quantitative estimate of drug-likeness (QED) is 0.819. The number of carbonyl (C=O) groups excluding carboxylic acids is 1. The molecule has 0 radical (unpaired) electrons. The van der Waals surface area contributed by atoms with Crippen molar-refractivity contribution in [2.75, 3.05) is 16.2 Å². The fraction of sp³-hybridized carbons (Fsp3) is 0.278. The van der Waals surface area contributed by atoms with E-state index in [-0.39, 0.29) is 16.1 Å². The van der Waals surface area contributed by atoms with E-state index in [1.165, 1.54) is 6.92 Å². The predicted molar refractivity (Wildman–Crippen MR) is 107 cm³/mol. The van der Waals surface area contributed by atoms with E-state index in [0.717, 1.165) is 10.5 Å². The van der Waals surface area contributed by atoms with E-state index in [2.05, 4.69) is 4.72 Å². The van der Waals surface area contributed by atoms with Crippen LogP contribution in [-0.4, -0.2) is 26.1 Å². The molecule has 1 N–H and O–H groups in total. The summed E-state index contributed by atoms with van der Waals surface area (Å²) in [6, 6.07) is 9.95. The molecule has 1 aliphatic heterocycles. The van der Waals surface area contributed by atoms with E-state index >= 15 is 0 Å². The van der Waals surface area contributed by atoms with Crippen LogP contribution >= 0.6 is 23.4 Å². The highest BCUT2D eigenvalue weighted by atomic mass is 35.5. The number of anilines is 2. The number of carbonyl (C=O) groups is 1. The van der Waals surface area contributed by atoms with Gasteiger partial charge in [-0.3, -0.25) is 9.52 Å². The molecule has 0 saturated carbocycles. The van der Waals surface area contributed by atoms with Gasteiger partial charge in [-0.1, -0.05) is 24.6 Å². The summed E-state index contributed by atoms with van der Waals surface area (Å²) in [5.74, 6) is -0.109. The first kappa shape index (κ1) is 19.1. The molecule has 0 bridgehead atoms. The van der Waals surface area contributed by atoms with Crippen molar-refractivity contribution >= 4 is 50.7 Å². The van der Waals surface area contributed by atoms with Crippen LogP contribution in [0.3, 0.4) is 0 Å². The van der Waals surface area contributed by atoms with Gasteiger partial charge in [-0.15, -0.1) is 11.8 Å². The first-order chi connectivity index (χ1) is 12.2. The molecule has 1 aliphatic rings. The summed E-state index contributed by atoms with van der Waals surface area (Å²) >= 11 is 7.77. The maximum absolute atomic E-state index is 12.8. The van der Waals surface area contributed by atoms with E-state index in [4.69, 9.17) is 11.6 Å². The van der Waals surface area contributed by atoms with E-state index < -0.39 is 10.0 Å². The van der Waals surface area contributed by atoms with Crippen LogP contribution in [0.25, 0.3) is 0 Å². The Balaban J connectivity index is 1.98. The number of benzene rings is 2. The van der Waals surface area contributed by atoms with Crippen LogP contribution in [-0.2, 0) is 14.8 Å². The number of rotatable bonds is 3. The Morgan fingerprint density at radius 1 is 1.27 bits per heavy atom. The summed E-state index contributed by atoms with van der Waals surface area (Å²) in [6.45, 7) is 5.95. The molecular formula is C18H19ClN2O3S2. The van der Waals surface area contributed by atoms with Gasteiger partial charge in [0.15, 0.2) is 0 Å². The zero-order valence-corrected chi connectivity index (χ0v) is 17.0. The minimum absolute atomic E-state index is 0.0919. The van der Waals surface area contributed by atoms with E-state index in [0.29, 0.717) is 22.9 Å². The summed E-state index contributed by atoms with van der Waals surface area (Å²) in [5, 5.41) is 0.583. The molecule has 8 heteroatoms. The summed E-state index contributed by atoms with van der Waals surface area (Å²) in [5.41, 5.74) is 1.88. The van der Waals surface area contributed by atoms with E-state index in [9.17, 15) is 13.2 Å². The normalized spacial score (nSPS) is 16.9. The minimum atomic E-state index is -3.83. The third-order valence-corrected chi connectivity index (χ3v) is 6.87. The maximum Gasteiger partial charge on any atom is 0.262 e. The van der Waals surface area contributed by atoms with Crippen LogP contribution in [0.5, 0.6) is 0 Å². The highest BCUT2D eigenvalue weighted by molar-refractivity contribution is 8.00. The van der Waals surface area contributed by atoms with Crippen molar-refractivity contribution in [2.45, 2.75) is 35.8 Å². The molecule has 0 fully saturated rings. The second kappa shape index (κ2) is 7.13. The average Bonchev–Trinajstić information content (AvgIpc) is 2.56. The standard InChI is InChI=1S/C18H19ClN2O3S2/c1-11-4-6-16(15(19)8-11)20-26(23,24)14-5-7-18-17(9-14)21(13(3)22)10-12(2)25-18/h4-9,12,20H,10H2,1-3H3/t12-/m0/s1. The Morgan fingerprint density at radius 2 is 2.00 bits per heavy atom. The largest absolute Gasteiger partial charge is 0.310 e. The molecule has 5 nitrogen and oxygen atoms in total. The van der Waals surface area contributed by atoms with Gasteiger partial charge in [-0.05, 0) is 42.8 Å². The molecule has 0 aromatic heterocycles. The lowest BCUT2D eigenvalue weighted by Crippen LogP contribution is -2.37. The van der Waals surface area contributed by atoms with Crippen LogP contribution in [0.1, 0.15) is 19.4 Å². The minimum Gasteiger partial charge on any atom is -0.310 e. The first-order valence-electron chi connectivity index (χ1n) is 8.05. The third-order valence-electron chi connectivity index (χ3n) is 4.05. The molecule has 0 saturated heterocycles. The summed E-state index contributed by atoms with van der Waals surface area (Å²) in [4.78, 5) is 14.6. The number of hydrogen-bond acceptors (Lipinski definition) is 4. The number of hydrogen-bond donors (Lipinski definition) is 1. The van der Waals surface area contributed by atoms with Crippen molar-refractivity contribution < 1.29 is 13.2 Å². The van der Waals surface area contributed by atoms with Crippen LogP contribution < -0.4 is 9.62 Å². The van der Waals surface area contributed by atoms with Crippen LogP contribution in [0.15, 0.2) is 46.2 Å². The molecule has 0 unspecified atom stereocenters. The summed E-state index contributed by atoms with van der Waals surface area (Å²) in [6.07, 6.45) is 0. The van der Waals surface area contributed by atoms with Crippen molar-refractivity contribution in [3.05, 3.63) is 47.0 Å². The number of nitrogens with zero attached hydrogens (tertiary/aromatic N) is 1. The highest BCUT2D eigenvalue weighted by Crippen LogP contribution is 2.40.